The molecule has 0 bridgehead atoms. The molecule has 0 aliphatic heterocycles. The average molecular weight is 364 g/mol. The maximum atomic E-state index is 12.7. The number of ether oxygens (including phenoxy) is 2. The molecule has 0 radical (unpaired) electrons. The third-order valence-electron chi connectivity index (χ3n) is 3.80. The first-order valence-electron chi connectivity index (χ1n) is 8.31. The Morgan fingerprint density at radius 1 is 0.889 bits per heavy atom. The molecular formula is C20H20N4O3. The summed E-state index contributed by atoms with van der Waals surface area (Å²) in [5, 5.41) is 5.91. The molecule has 7 heteroatoms. The smallest absolute Gasteiger partial charge is 0.274 e. The molecule has 0 aliphatic carbocycles. The van der Waals surface area contributed by atoms with Crippen LogP contribution < -0.4 is 20.1 Å². The summed E-state index contributed by atoms with van der Waals surface area (Å²) in [5.74, 6) is 1.18. The zero-order valence-electron chi connectivity index (χ0n) is 15.3. The number of aryl methyl sites for hydroxylation is 1. The van der Waals surface area contributed by atoms with E-state index in [9.17, 15) is 4.79 Å². The number of carbonyl (C=O) groups excluding carboxylic acids is 1. The fraction of sp³-hybridized carbons (Fsp3) is 0.150. The molecule has 1 aromatic heterocycles. The van der Waals surface area contributed by atoms with Gasteiger partial charge in [-0.25, -0.2) is 9.97 Å². The topological polar surface area (TPSA) is 85.4 Å². The Morgan fingerprint density at radius 3 is 2.15 bits per heavy atom. The van der Waals surface area contributed by atoms with Crippen LogP contribution in [0.5, 0.6) is 11.5 Å². The molecule has 1 amide bonds. The first-order valence-corrected chi connectivity index (χ1v) is 8.31. The van der Waals surface area contributed by atoms with Crippen LogP contribution in [0.1, 0.15) is 16.2 Å². The lowest BCUT2D eigenvalue weighted by Crippen LogP contribution is -2.16. The summed E-state index contributed by atoms with van der Waals surface area (Å²) in [6.45, 7) is 1.80. The van der Waals surface area contributed by atoms with Gasteiger partial charge in [0.2, 0.25) is 5.95 Å². The van der Waals surface area contributed by atoms with Gasteiger partial charge in [0.25, 0.3) is 5.91 Å². The summed E-state index contributed by atoms with van der Waals surface area (Å²) in [4.78, 5) is 21.3. The van der Waals surface area contributed by atoms with Gasteiger partial charge < -0.3 is 20.1 Å². The normalized spacial score (nSPS) is 10.2. The van der Waals surface area contributed by atoms with E-state index in [1.165, 1.54) is 0 Å². The zero-order valence-corrected chi connectivity index (χ0v) is 15.3. The maximum Gasteiger partial charge on any atom is 0.274 e. The van der Waals surface area contributed by atoms with E-state index in [2.05, 4.69) is 20.6 Å². The van der Waals surface area contributed by atoms with Gasteiger partial charge in [0.15, 0.2) is 0 Å². The molecule has 2 N–H and O–H groups in total. The predicted molar refractivity (Wildman–Crippen MR) is 104 cm³/mol. The number of nitrogens with one attached hydrogen (secondary N) is 2. The molecule has 0 aliphatic rings. The second-order valence-corrected chi connectivity index (χ2v) is 5.70. The van der Waals surface area contributed by atoms with Crippen LogP contribution in [-0.2, 0) is 0 Å². The average Bonchev–Trinajstić information content (AvgIpc) is 2.68. The number of amides is 1. The molecule has 3 aromatic rings. The van der Waals surface area contributed by atoms with Crippen LogP contribution in [-0.4, -0.2) is 30.1 Å². The van der Waals surface area contributed by atoms with E-state index in [1.807, 2.05) is 36.4 Å². The van der Waals surface area contributed by atoms with Crippen molar-refractivity contribution in [2.75, 3.05) is 24.9 Å². The van der Waals surface area contributed by atoms with Crippen LogP contribution in [0, 0.1) is 6.92 Å². The third-order valence-corrected chi connectivity index (χ3v) is 3.80. The number of hydrogen-bond donors (Lipinski definition) is 2. The quantitative estimate of drug-likeness (QED) is 0.692. The van der Waals surface area contributed by atoms with Crippen molar-refractivity contribution in [1.29, 1.82) is 0 Å². The summed E-state index contributed by atoms with van der Waals surface area (Å²) >= 11 is 0. The molecule has 2 aromatic carbocycles. The Morgan fingerprint density at radius 2 is 1.48 bits per heavy atom. The van der Waals surface area contributed by atoms with E-state index in [1.54, 1.807) is 39.3 Å². The number of para-hydroxylation sites is 4. The van der Waals surface area contributed by atoms with Crippen LogP contribution in [0.3, 0.4) is 0 Å². The van der Waals surface area contributed by atoms with Gasteiger partial charge in [-0.05, 0) is 37.3 Å². The summed E-state index contributed by atoms with van der Waals surface area (Å²) in [7, 11) is 3.14. The Balaban J connectivity index is 1.85. The largest absolute Gasteiger partial charge is 0.495 e. The van der Waals surface area contributed by atoms with Crippen molar-refractivity contribution in [3.63, 3.8) is 0 Å². The SMILES string of the molecule is COc1ccccc1NC(=O)c1cc(C)nc(Nc2ccccc2OC)n1. The summed E-state index contributed by atoms with van der Waals surface area (Å²) in [6.07, 6.45) is 0. The molecule has 138 valence electrons. The summed E-state index contributed by atoms with van der Waals surface area (Å²) in [5.41, 5.74) is 2.18. The van der Waals surface area contributed by atoms with Gasteiger partial charge in [0.1, 0.15) is 17.2 Å². The van der Waals surface area contributed by atoms with Crippen LogP contribution >= 0.6 is 0 Å². The lowest BCUT2D eigenvalue weighted by molar-refractivity contribution is 0.102. The molecule has 0 spiro atoms. The molecule has 0 saturated carbocycles. The Hall–Kier alpha value is -3.61. The van der Waals surface area contributed by atoms with Crippen molar-refractivity contribution in [1.82, 2.24) is 9.97 Å². The molecule has 0 fully saturated rings. The minimum Gasteiger partial charge on any atom is -0.495 e. The fourth-order valence-electron chi connectivity index (χ4n) is 2.54. The van der Waals surface area contributed by atoms with Gasteiger partial charge in [-0.1, -0.05) is 24.3 Å². The summed E-state index contributed by atoms with van der Waals surface area (Å²) < 4.78 is 10.6. The molecule has 27 heavy (non-hydrogen) atoms. The van der Waals surface area contributed by atoms with E-state index < -0.39 is 0 Å². The number of hydrogen-bond acceptors (Lipinski definition) is 6. The van der Waals surface area contributed by atoms with E-state index in [0.717, 1.165) is 0 Å². The Labute approximate surface area is 157 Å². The van der Waals surface area contributed by atoms with Gasteiger partial charge in [0, 0.05) is 5.69 Å². The first kappa shape index (κ1) is 18.2. The highest BCUT2D eigenvalue weighted by Gasteiger charge is 2.14. The molecule has 1 heterocycles. The summed E-state index contributed by atoms with van der Waals surface area (Å²) in [6, 6.07) is 16.2. The van der Waals surface area contributed by atoms with E-state index in [4.69, 9.17) is 9.47 Å². The highest BCUT2D eigenvalue weighted by Crippen LogP contribution is 2.26. The fourth-order valence-corrected chi connectivity index (χ4v) is 2.54. The second-order valence-electron chi connectivity index (χ2n) is 5.70. The Kier molecular flexibility index (Phi) is 5.51. The van der Waals surface area contributed by atoms with Crippen LogP contribution in [0.25, 0.3) is 0 Å². The molecule has 0 atom stereocenters. The van der Waals surface area contributed by atoms with Gasteiger partial charge >= 0.3 is 0 Å². The lowest BCUT2D eigenvalue weighted by Gasteiger charge is -2.12. The lowest BCUT2D eigenvalue weighted by atomic mass is 10.2. The standard InChI is InChI=1S/C20H20N4O3/c1-13-12-16(19(25)22-14-8-4-6-10-17(14)26-2)24-20(21-13)23-15-9-5-7-11-18(15)27-3/h4-12H,1-3H3,(H,22,25)(H,21,23,24). The number of aromatic nitrogens is 2. The first-order chi connectivity index (χ1) is 13.1. The van der Waals surface area contributed by atoms with Crippen molar-refractivity contribution in [2.45, 2.75) is 6.92 Å². The molecular weight excluding hydrogens is 344 g/mol. The van der Waals surface area contributed by atoms with Crippen LogP contribution in [0.2, 0.25) is 0 Å². The van der Waals surface area contributed by atoms with Crippen LogP contribution in [0.15, 0.2) is 54.6 Å². The van der Waals surface area contributed by atoms with Crippen molar-refractivity contribution in [3.8, 4) is 11.5 Å². The molecule has 7 nitrogen and oxygen atoms in total. The van der Waals surface area contributed by atoms with Gasteiger partial charge in [0.05, 0.1) is 25.6 Å². The van der Waals surface area contributed by atoms with Crippen molar-refractivity contribution in [3.05, 3.63) is 66.0 Å². The molecule has 3 rings (SSSR count). The Bertz CT molecular complexity index is 959. The maximum absolute atomic E-state index is 12.7. The second kappa shape index (κ2) is 8.18. The van der Waals surface area contributed by atoms with Crippen LogP contribution in [0.4, 0.5) is 17.3 Å². The number of carbonyl (C=O) groups is 1. The van der Waals surface area contributed by atoms with E-state index in [-0.39, 0.29) is 11.6 Å². The highest BCUT2D eigenvalue weighted by atomic mass is 16.5. The predicted octanol–water partition coefficient (Wildman–Crippen LogP) is 3.80. The van der Waals surface area contributed by atoms with Gasteiger partial charge in [-0.2, -0.15) is 0 Å². The number of rotatable bonds is 6. The van der Waals surface area contributed by atoms with Crippen molar-refractivity contribution >= 4 is 23.2 Å². The third kappa shape index (κ3) is 4.33. The number of nitrogens with zero attached hydrogens (tertiary/aromatic N) is 2. The van der Waals surface area contributed by atoms with Crippen molar-refractivity contribution in [2.24, 2.45) is 0 Å². The number of benzene rings is 2. The van der Waals surface area contributed by atoms with Crippen molar-refractivity contribution < 1.29 is 14.3 Å². The monoisotopic (exact) mass is 364 g/mol. The minimum atomic E-state index is -0.354. The van der Waals surface area contributed by atoms with Gasteiger partial charge in [-0.15, -0.1) is 0 Å². The highest BCUT2D eigenvalue weighted by molar-refractivity contribution is 6.03. The van der Waals surface area contributed by atoms with E-state index >= 15 is 0 Å². The number of methoxy groups -OCH3 is 2. The molecule has 0 unspecified atom stereocenters. The number of anilines is 3. The minimum absolute atomic E-state index is 0.241. The molecule has 0 saturated heterocycles. The zero-order chi connectivity index (χ0) is 19.2. The van der Waals surface area contributed by atoms with E-state index in [0.29, 0.717) is 34.5 Å². The van der Waals surface area contributed by atoms with Gasteiger partial charge in [-0.3, -0.25) is 4.79 Å².